The van der Waals surface area contributed by atoms with Crippen molar-refractivity contribution in [2.75, 3.05) is 19.8 Å². The minimum Gasteiger partial charge on any atom is -0.490 e. The van der Waals surface area contributed by atoms with E-state index in [2.05, 4.69) is 38.2 Å². The molecule has 0 saturated carbocycles. The number of benzene rings is 1. The Morgan fingerprint density at radius 3 is 2.57 bits per heavy atom. The van der Waals surface area contributed by atoms with Crippen LogP contribution in [-0.4, -0.2) is 19.8 Å². The van der Waals surface area contributed by atoms with Crippen LogP contribution in [0.3, 0.4) is 0 Å². The van der Waals surface area contributed by atoms with Crippen LogP contribution in [0.25, 0.3) is 0 Å². The Hall–Kier alpha value is -1.22. The van der Waals surface area contributed by atoms with Crippen molar-refractivity contribution >= 4 is 0 Å². The third-order valence-corrected chi connectivity index (χ3v) is 3.25. The summed E-state index contributed by atoms with van der Waals surface area (Å²) in [5.74, 6) is 2.45. The van der Waals surface area contributed by atoms with Gasteiger partial charge >= 0.3 is 0 Å². The van der Waals surface area contributed by atoms with Crippen LogP contribution in [0.4, 0.5) is 0 Å². The molecule has 0 aliphatic rings. The molecule has 0 saturated heterocycles. The quantitative estimate of drug-likeness (QED) is 0.613. The second kappa shape index (κ2) is 10.5. The van der Waals surface area contributed by atoms with Gasteiger partial charge in [0.05, 0.1) is 13.2 Å². The van der Waals surface area contributed by atoms with Crippen molar-refractivity contribution in [3.8, 4) is 11.5 Å². The zero-order valence-electron chi connectivity index (χ0n) is 14.1. The maximum Gasteiger partial charge on any atom is 0.161 e. The average Bonchev–Trinajstić information content (AvgIpc) is 2.46. The van der Waals surface area contributed by atoms with E-state index in [1.165, 1.54) is 12.0 Å². The lowest BCUT2D eigenvalue weighted by molar-refractivity contribution is 0.266. The Bertz CT molecular complexity index is 391. The Morgan fingerprint density at radius 2 is 1.90 bits per heavy atom. The molecule has 0 heterocycles. The highest BCUT2D eigenvalue weighted by Crippen LogP contribution is 2.28. The largest absolute Gasteiger partial charge is 0.490 e. The second-order valence-corrected chi connectivity index (χ2v) is 5.78. The fourth-order valence-electron chi connectivity index (χ4n) is 2.13. The van der Waals surface area contributed by atoms with Crippen LogP contribution in [0.1, 0.15) is 52.5 Å². The molecule has 3 heteroatoms. The first-order chi connectivity index (χ1) is 10.2. The Kier molecular flexibility index (Phi) is 8.91. The molecule has 3 nitrogen and oxygen atoms in total. The third kappa shape index (κ3) is 7.37. The van der Waals surface area contributed by atoms with Gasteiger partial charge in [-0.2, -0.15) is 0 Å². The number of nitrogens with one attached hydrogen (secondary N) is 1. The van der Waals surface area contributed by atoms with Gasteiger partial charge in [-0.15, -0.1) is 0 Å². The molecule has 0 aromatic heterocycles. The lowest BCUT2D eigenvalue weighted by Gasteiger charge is -2.14. The average molecular weight is 293 g/mol. The van der Waals surface area contributed by atoms with Crippen molar-refractivity contribution in [1.82, 2.24) is 5.32 Å². The van der Waals surface area contributed by atoms with Crippen molar-refractivity contribution in [2.45, 2.75) is 53.5 Å². The van der Waals surface area contributed by atoms with Gasteiger partial charge in [0.15, 0.2) is 11.5 Å². The highest BCUT2D eigenvalue weighted by Gasteiger charge is 2.07. The minimum absolute atomic E-state index is 0.661. The normalized spacial score (nSPS) is 10.9. The van der Waals surface area contributed by atoms with Gasteiger partial charge in [0.2, 0.25) is 0 Å². The molecule has 0 amide bonds. The van der Waals surface area contributed by atoms with E-state index in [4.69, 9.17) is 9.47 Å². The molecule has 1 rings (SSSR count). The van der Waals surface area contributed by atoms with E-state index in [0.29, 0.717) is 6.61 Å². The summed E-state index contributed by atoms with van der Waals surface area (Å²) in [6.07, 6.45) is 3.43. The van der Waals surface area contributed by atoms with Crippen LogP contribution in [0.15, 0.2) is 18.2 Å². The van der Waals surface area contributed by atoms with Gasteiger partial charge in [-0.3, -0.25) is 0 Å². The summed E-state index contributed by atoms with van der Waals surface area (Å²) < 4.78 is 11.6. The van der Waals surface area contributed by atoms with E-state index < -0.39 is 0 Å². The molecule has 0 aliphatic carbocycles. The summed E-state index contributed by atoms with van der Waals surface area (Å²) in [6, 6.07) is 6.23. The van der Waals surface area contributed by atoms with Crippen molar-refractivity contribution in [2.24, 2.45) is 5.92 Å². The summed E-state index contributed by atoms with van der Waals surface area (Å²) in [6.45, 7) is 12.0. The zero-order chi connectivity index (χ0) is 15.5. The summed E-state index contributed by atoms with van der Waals surface area (Å²) in [4.78, 5) is 0. The standard InChI is InChI=1S/C18H31NO2/c1-5-11-19-14-16-9-10-17(18(13-16)20-6-2)21-12-7-8-15(3)4/h9-10,13,15,19H,5-8,11-12,14H2,1-4H3. The van der Waals surface area contributed by atoms with Crippen LogP contribution >= 0.6 is 0 Å². The van der Waals surface area contributed by atoms with E-state index in [0.717, 1.165) is 50.0 Å². The molecule has 120 valence electrons. The third-order valence-electron chi connectivity index (χ3n) is 3.25. The fourth-order valence-corrected chi connectivity index (χ4v) is 2.13. The molecule has 0 bridgehead atoms. The van der Waals surface area contributed by atoms with Crippen LogP contribution in [0.2, 0.25) is 0 Å². The summed E-state index contributed by atoms with van der Waals surface area (Å²) in [5.41, 5.74) is 1.24. The molecule has 1 aromatic rings. The van der Waals surface area contributed by atoms with Crippen LogP contribution in [0, 0.1) is 5.92 Å². The fraction of sp³-hybridized carbons (Fsp3) is 0.667. The first-order valence-corrected chi connectivity index (χ1v) is 8.26. The van der Waals surface area contributed by atoms with E-state index >= 15 is 0 Å². The molecule has 1 N–H and O–H groups in total. The summed E-state index contributed by atoms with van der Waals surface area (Å²) in [7, 11) is 0. The van der Waals surface area contributed by atoms with E-state index in [1.54, 1.807) is 0 Å². The first-order valence-electron chi connectivity index (χ1n) is 8.26. The van der Waals surface area contributed by atoms with Gasteiger partial charge in [0, 0.05) is 6.54 Å². The Balaban J connectivity index is 2.56. The van der Waals surface area contributed by atoms with Gasteiger partial charge in [-0.1, -0.05) is 26.8 Å². The minimum atomic E-state index is 0.661. The van der Waals surface area contributed by atoms with Crippen LogP contribution in [0.5, 0.6) is 11.5 Å². The SMILES string of the molecule is CCCNCc1ccc(OCCCC(C)C)c(OCC)c1. The molecule has 1 aromatic carbocycles. The predicted octanol–water partition coefficient (Wildman–Crippen LogP) is 4.40. The van der Waals surface area contributed by atoms with Crippen molar-refractivity contribution in [3.63, 3.8) is 0 Å². The van der Waals surface area contributed by atoms with Gasteiger partial charge in [-0.05, 0) is 56.3 Å². The lowest BCUT2D eigenvalue weighted by atomic mass is 10.1. The molecule has 0 radical (unpaired) electrons. The van der Waals surface area contributed by atoms with Gasteiger partial charge in [0.1, 0.15) is 0 Å². The molecule has 0 spiro atoms. The van der Waals surface area contributed by atoms with Gasteiger partial charge in [-0.25, -0.2) is 0 Å². The summed E-state index contributed by atoms with van der Waals surface area (Å²) in [5, 5.41) is 3.41. The molecular formula is C18H31NO2. The van der Waals surface area contributed by atoms with E-state index in [1.807, 2.05) is 13.0 Å². The monoisotopic (exact) mass is 293 g/mol. The molecule has 0 fully saturated rings. The Morgan fingerprint density at radius 1 is 1.10 bits per heavy atom. The molecular weight excluding hydrogens is 262 g/mol. The maximum atomic E-state index is 5.88. The van der Waals surface area contributed by atoms with Crippen molar-refractivity contribution in [3.05, 3.63) is 23.8 Å². The second-order valence-electron chi connectivity index (χ2n) is 5.78. The van der Waals surface area contributed by atoms with E-state index in [-0.39, 0.29) is 0 Å². The number of hydrogen-bond donors (Lipinski definition) is 1. The number of ether oxygens (including phenoxy) is 2. The topological polar surface area (TPSA) is 30.5 Å². The molecule has 0 unspecified atom stereocenters. The first kappa shape index (κ1) is 17.8. The van der Waals surface area contributed by atoms with E-state index in [9.17, 15) is 0 Å². The van der Waals surface area contributed by atoms with Crippen molar-refractivity contribution < 1.29 is 9.47 Å². The highest BCUT2D eigenvalue weighted by molar-refractivity contribution is 5.43. The zero-order valence-corrected chi connectivity index (χ0v) is 14.1. The van der Waals surface area contributed by atoms with Crippen molar-refractivity contribution in [1.29, 1.82) is 0 Å². The maximum absolute atomic E-state index is 5.88. The van der Waals surface area contributed by atoms with Gasteiger partial charge < -0.3 is 14.8 Å². The smallest absolute Gasteiger partial charge is 0.161 e. The number of hydrogen-bond acceptors (Lipinski definition) is 3. The number of rotatable bonds is 11. The van der Waals surface area contributed by atoms with Gasteiger partial charge in [0.25, 0.3) is 0 Å². The molecule has 0 aliphatic heterocycles. The highest BCUT2D eigenvalue weighted by atomic mass is 16.5. The van der Waals surface area contributed by atoms with Crippen LogP contribution in [-0.2, 0) is 6.54 Å². The Labute approximate surface area is 130 Å². The molecule has 0 atom stereocenters. The molecule has 21 heavy (non-hydrogen) atoms. The van der Waals surface area contributed by atoms with Crippen LogP contribution < -0.4 is 14.8 Å². The predicted molar refractivity (Wildman–Crippen MR) is 89.2 cm³/mol. The summed E-state index contributed by atoms with van der Waals surface area (Å²) >= 11 is 0. The lowest BCUT2D eigenvalue weighted by Crippen LogP contribution is -2.14.